The zero-order chi connectivity index (χ0) is 15.0. The van der Waals surface area contributed by atoms with Crippen LogP contribution in [-0.2, 0) is 6.54 Å². The topological polar surface area (TPSA) is 85.8 Å². The van der Waals surface area contributed by atoms with Crippen molar-refractivity contribution in [1.29, 1.82) is 0 Å². The number of hydrogen-bond acceptors (Lipinski definition) is 5. The van der Waals surface area contributed by atoms with Gasteiger partial charge in [-0.25, -0.2) is 0 Å². The molecule has 3 aromatic rings. The van der Waals surface area contributed by atoms with Crippen molar-refractivity contribution >= 4 is 51.6 Å². The molecule has 2 heterocycles. The Labute approximate surface area is 129 Å². The van der Waals surface area contributed by atoms with Gasteiger partial charge in [0.15, 0.2) is 0 Å². The second kappa shape index (κ2) is 5.34. The maximum Gasteiger partial charge on any atom is 0.272 e. The summed E-state index contributed by atoms with van der Waals surface area (Å²) in [6, 6.07) is 5.09. The highest BCUT2D eigenvalue weighted by Crippen LogP contribution is 2.30. The number of halogens is 1. The zero-order valence-corrected chi connectivity index (χ0v) is 12.7. The lowest BCUT2D eigenvalue weighted by Crippen LogP contribution is -2.16. The van der Waals surface area contributed by atoms with Crippen LogP contribution in [-0.4, -0.2) is 19.2 Å². The maximum absolute atomic E-state index is 12.4. The summed E-state index contributed by atoms with van der Waals surface area (Å²) in [6.45, 7) is 2.59. The predicted molar refractivity (Wildman–Crippen MR) is 84.9 cm³/mol. The number of benzene rings is 1. The molecule has 1 aromatic carbocycles. The van der Waals surface area contributed by atoms with Crippen LogP contribution in [0.3, 0.4) is 0 Å². The number of nitrogens with zero attached hydrogens (tertiary/aromatic N) is 3. The molecule has 108 valence electrons. The zero-order valence-electron chi connectivity index (χ0n) is 11.1. The molecule has 0 radical (unpaired) electrons. The smallest absolute Gasteiger partial charge is 0.272 e. The maximum atomic E-state index is 12.4. The molecule has 6 nitrogen and oxygen atoms in total. The van der Waals surface area contributed by atoms with Gasteiger partial charge < -0.3 is 15.6 Å². The number of rotatable bonds is 3. The quantitative estimate of drug-likeness (QED) is 0.776. The molecule has 0 saturated heterocycles. The van der Waals surface area contributed by atoms with Crippen molar-refractivity contribution in [3.8, 4) is 0 Å². The number of nitrogens with one attached hydrogen (secondary N) is 1. The molecule has 0 fully saturated rings. The number of anilines is 2. The van der Waals surface area contributed by atoms with Crippen molar-refractivity contribution < 1.29 is 4.79 Å². The Morgan fingerprint density at radius 2 is 2.29 bits per heavy atom. The monoisotopic (exact) mass is 321 g/mol. The third kappa shape index (κ3) is 2.45. The van der Waals surface area contributed by atoms with Crippen molar-refractivity contribution in [2.45, 2.75) is 13.5 Å². The number of nitrogen functional groups attached to an aromatic ring is 1. The molecule has 0 atom stereocenters. The van der Waals surface area contributed by atoms with Gasteiger partial charge in [-0.05, 0) is 25.1 Å². The standard InChI is InChI=1S/C13H12ClN5OS/c1-2-19-6-7(15)5-10(19)13(20)16-11-8(14)3-4-9-12(11)18-21-17-9/h3-6H,2,15H2,1H3,(H,16,20). The third-order valence-corrected chi connectivity index (χ3v) is 3.96. The van der Waals surface area contributed by atoms with Gasteiger partial charge in [0.25, 0.3) is 5.91 Å². The second-order valence-electron chi connectivity index (χ2n) is 4.45. The lowest BCUT2D eigenvalue weighted by molar-refractivity contribution is 0.101. The average molecular weight is 322 g/mol. The van der Waals surface area contributed by atoms with Gasteiger partial charge in [-0.1, -0.05) is 11.6 Å². The number of aromatic nitrogens is 3. The van der Waals surface area contributed by atoms with E-state index in [0.717, 1.165) is 11.7 Å². The number of hydrogen-bond donors (Lipinski definition) is 2. The number of carbonyl (C=O) groups is 1. The Bertz CT molecular complexity index is 825. The van der Waals surface area contributed by atoms with E-state index in [0.29, 0.717) is 39.7 Å². The predicted octanol–water partition coefficient (Wildman–Crippen LogP) is 3.00. The van der Waals surface area contributed by atoms with Crippen LogP contribution in [0.4, 0.5) is 11.4 Å². The highest BCUT2D eigenvalue weighted by atomic mass is 35.5. The van der Waals surface area contributed by atoms with Crippen LogP contribution in [0.5, 0.6) is 0 Å². The SMILES string of the molecule is CCn1cc(N)cc1C(=O)Nc1c(Cl)ccc2nsnc12. The first-order valence-electron chi connectivity index (χ1n) is 6.28. The van der Waals surface area contributed by atoms with E-state index in [9.17, 15) is 4.79 Å². The van der Waals surface area contributed by atoms with E-state index in [1.807, 2.05) is 6.92 Å². The molecule has 0 aliphatic carbocycles. The van der Waals surface area contributed by atoms with Crippen LogP contribution in [0.2, 0.25) is 5.02 Å². The van der Waals surface area contributed by atoms with Crippen molar-refractivity contribution in [2.75, 3.05) is 11.1 Å². The fourth-order valence-electron chi connectivity index (χ4n) is 2.11. The second-order valence-corrected chi connectivity index (χ2v) is 5.39. The molecule has 0 bridgehead atoms. The Kier molecular flexibility index (Phi) is 3.52. The normalized spacial score (nSPS) is 11.0. The van der Waals surface area contributed by atoms with E-state index in [-0.39, 0.29) is 5.91 Å². The highest BCUT2D eigenvalue weighted by Gasteiger charge is 2.17. The molecule has 3 rings (SSSR count). The fraction of sp³-hybridized carbons (Fsp3) is 0.154. The van der Waals surface area contributed by atoms with Crippen LogP contribution in [0.25, 0.3) is 11.0 Å². The van der Waals surface area contributed by atoms with Crippen molar-refractivity contribution in [1.82, 2.24) is 13.3 Å². The van der Waals surface area contributed by atoms with E-state index in [1.54, 1.807) is 29.0 Å². The molecule has 1 amide bonds. The van der Waals surface area contributed by atoms with Crippen molar-refractivity contribution in [3.63, 3.8) is 0 Å². The van der Waals surface area contributed by atoms with Gasteiger partial charge in [0.1, 0.15) is 16.7 Å². The van der Waals surface area contributed by atoms with Crippen LogP contribution >= 0.6 is 23.3 Å². The average Bonchev–Trinajstić information content (AvgIpc) is 3.07. The first kappa shape index (κ1) is 13.8. The third-order valence-electron chi connectivity index (χ3n) is 3.11. The summed E-state index contributed by atoms with van der Waals surface area (Å²) in [6.07, 6.45) is 1.72. The van der Waals surface area contributed by atoms with Crippen LogP contribution in [0, 0.1) is 0 Å². The van der Waals surface area contributed by atoms with Crippen LogP contribution in [0.15, 0.2) is 24.4 Å². The molecular weight excluding hydrogens is 310 g/mol. The summed E-state index contributed by atoms with van der Waals surface area (Å²) in [5.74, 6) is -0.282. The minimum Gasteiger partial charge on any atom is -0.397 e. The van der Waals surface area contributed by atoms with E-state index in [2.05, 4.69) is 14.1 Å². The number of fused-ring (bicyclic) bond motifs is 1. The molecule has 3 N–H and O–H groups in total. The van der Waals surface area contributed by atoms with Crippen LogP contribution in [0.1, 0.15) is 17.4 Å². The van der Waals surface area contributed by atoms with Gasteiger partial charge in [-0.2, -0.15) is 8.75 Å². The Morgan fingerprint density at radius 3 is 3.05 bits per heavy atom. The van der Waals surface area contributed by atoms with Gasteiger partial charge in [-0.3, -0.25) is 4.79 Å². The summed E-state index contributed by atoms with van der Waals surface area (Å²) >= 11 is 7.24. The molecule has 0 unspecified atom stereocenters. The van der Waals surface area contributed by atoms with E-state index < -0.39 is 0 Å². The molecule has 8 heteroatoms. The van der Waals surface area contributed by atoms with Crippen LogP contribution < -0.4 is 11.1 Å². The summed E-state index contributed by atoms with van der Waals surface area (Å²) in [5.41, 5.74) is 8.52. The number of aryl methyl sites for hydroxylation is 1. The molecular formula is C13H12ClN5OS. The fourth-order valence-corrected chi connectivity index (χ4v) is 2.85. The largest absolute Gasteiger partial charge is 0.397 e. The van der Waals surface area contributed by atoms with Gasteiger partial charge in [0.2, 0.25) is 0 Å². The first-order valence-corrected chi connectivity index (χ1v) is 7.38. The van der Waals surface area contributed by atoms with E-state index in [4.69, 9.17) is 17.3 Å². The van der Waals surface area contributed by atoms with Gasteiger partial charge in [-0.15, -0.1) is 0 Å². The number of nitrogens with two attached hydrogens (primary N) is 1. The van der Waals surface area contributed by atoms with Crippen molar-refractivity contribution in [3.05, 3.63) is 35.1 Å². The summed E-state index contributed by atoms with van der Waals surface area (Å²) in [4.78, 5) is 12.4. The molecule has 21 heavy (non-hydrogen) atoms. The molecule has 0 spiro atoms. The molecule has 2 aromatic heterocycles. The van der Waals surface area contributed by atoms with Gasteiger partial charge in [0.05, 0.1) is 28.1 Å². The number of carbonyl (C=O) groups excluding carboxylic acids is 1. The van der Waals surface area contributed by atoms with Crippen molar-refractivity contribution in [2.24, 2.45) is 0 Å². The lowest BCUT2D eigenvalue weighted by Gasteiger charge is -2.09. The lowest BCUT2D eigenvalue weighted by atomic mass is 10.2. The number of amides is 1. The minimum absolute atomic E-state index is 0.282. The molecule has 0 aliphatic heterocycles. The summed E-state index contributed by atoms with van der Waals surface area (Å²) in [5, 5.41) is 3.22. The van der Waals surface area contributed by atoms with E-state index >= 15 is 0 Å². The van der Waals surface area contributed by atoms with Gasteiger partial charge >= 0.3 is 0 Å². The first-order chi connectivity index (χ1) is 10.1. The summed E-state index contributed by atoms with van der Waals surface area (Å²) < 4.78 is 10.1. The van der Waals surface area contributed by atoms with Gasteiger partial charge in [0, 0.05) is 12.7 Å². The molecule has 0 aliphatic rings. The van der Waals surface area contributed by atoms with E-state index in [1.165, 1.54) is 0 Å². The Balaban J connectivity index is 2.00. The minimum atomic E-state index is -0.282. The summed E-state index contributed by atoms with van der Waals surface area (Å²) in [7, 11) is 0. The molecule has 0 saturated carbocycles. The highest BCUT2D eigenvalue weighted by molar-refractivity contribution is 7.00. The Morgan fingerprint density at radius 1 is 1.48 bits per heavy atom. The Hall–Kier alpha value is -2.12.